The number of methoxy groups -OCH3 is 1. The molecule has 2 aromatic carbocycles. The molecule has 0 saturated carbocycles. The van der Waals surface area contributed by atoms with Crippen LogP contribution in [0.4, 0.5) is 23.7 Å². The summed E-state index contributed by atoms with van der Waals surface area (Å²) in [6.45, 7) is -0.115. The predicted octanol–water partition coefficient (Wildman–Crippen LogP) is 3.92. The molecular formula is C18H15F3N4O4. The van der Waals surface area contributed by atoms with E-state index < -0.39 is 12.5 Å². The van der Waals surface area contributed by atoms with Crippen LogP contribution in [0.2, 0.25) is 0 Å². The van der Waals surface area contributed by atoms with Crippen LogP contribution in [-0.2, 0) is 4.74 Å². The van der Waals surface area contributed by atoms with Crippen molar-refractivity contribution in [2.75, 3.05) is 18.7 Å². The van der Waals surface area contributed by atoms with Crippen LogP contribution >= 0.6 is 0 Å². The molecule has 0 unspecified atom stereocenters. The summed E-state index contributed by atoms with van der Waals surface area (Å²) in [6.07, 6.45) is -4.50. The third-order valence-electron chi connectivity index (χ3n) is 3.75. The van der Waals surface area contributed by atoms with Gasteiger partial charge in [-0.15, -0.1) is 18.3 Å². The lowest BCUT2D eigenvalue weighted by Crippen LogP contribution is -2.30. The Morgan fingerprint density at radius 2 is 1.79 bits per heavy atom. The Kier molecular flexibility index (Phi) is 5.69. The molecule has 0 aliphatic heterocycles. The lowest BCUT2D eigenvalue weighted by atomic mass is 10.2. The number of amides is 1. The third kappa shape index (κ3) is 5.02. The number of nitrogens with zero attached hydrogens (tertiary/aromatic N) is 4. The van der Waals surface area contributed by atoms with Gasteiger partial charge < -0.3 is 14.6 Å². The van der Waals surface area contributed by atoms with Crippen molar-refractivity contribution in [1.29, 1.82) is 0 Å². The number of anilines is 1. The van der Waals surface area contributed by atoms with Crippen molar-refractivity contribution in [2.24, 2.45) is 0 Å². The molecule has 1 aromatic heterocycles. The van der Waals surface area contributed by atoms with Gasteiger partial charge in [-0.2, -0.15) is 0 Å². The van der Waals surface area contributed by atoms with Gasteiger partial charge in [0.1, 0.15) is 18.8 Å². The molecule has 0 fully saturated rings. The number of benzene rings is 2. The minimum Gasteiger partial charge on any atom is -0.465 e. The zero-order valence-corrected chi connectivity index (χ0v) is 15.0. The second-order valence-electron chi connectivity index (χ2n) is 5.73. The molecule has 1 amide bonds. The van der Waals surface area contributed by atoms with Crippen LogP contribution in [-0.4, -0.2) is 46.2 Å². The first-order valence-electron chi connectivity index (χ1n) is 8.14. The average Bonchev–Trinajstić information content (AvgIpc) is 3.15. The molecule has 3 rings (SSSR count). The van der Waals surface area contributed by atoms with E-state index in [9.17, 15) is 23.1 Å². The van der Waals surface area contributed by atoms with Gasteiger partial charge in [-0.25, -0.2) is 14.5 Å². The molecule has 0 radical (unpaired) electrons. The highest BCUT2D eigenvalue weighted by molar-refractivity contribution is 5.86. The second-order valence-corrected chi connectivity index (χ2v) is 5.73. The molecule has 11 heteroatoms. The van der Waals surface area contributed by atoms with Gasteiger partial charge in [0.25, 0.3) is 0 Å². The first-order valence-corrected chi connectivity index (χ1v) is 8.14. The second kappa shape index (κ2) is 8.19. The number of hydrogen-bond acceptors (Lipinski definition) is 5. The van der Waals surface area contributed by atoms with Gasteiger partial charge in [-0.3, -0.25) is 4.90 Å². The van der Waals surface area contributed by atoms with Gasteiger partial charge in [-0.05, 0) is 48.5 Å². The topological polar surface area (TPSA) is 89.7 Å². The maximum absolute atomic E-state index is 12.2. The summed E-state index contributed by atoms with van der Waals surface area (Å²) in [5.41, 5.74) is 1.54. The summed E-state index contributed by atoms with van der Waals surface area (Å²) in [6, 6.07) is 11.7. The number of carbonyl (C=O) groups is 1. The van der Waals surface area contributed by atoms with E-state index in [1.165, 1.54) is 42.4 Å². The minimum absolute atomic E-state index is 0.115. The molecule has 1 N–H and O–H groups in total. The van der Waals surface area contributed by atoms with Gasteiger partial charge in [0, 0.05) is 18.4 Å². The van der Waals surface area contributed by atoms with Gasteiger partial charge in [0.05, 0.1) is 5.69 Å². The highest BCUT2D eigenvalue weighted by atomic mass is 19.4. The maximum Gasteiger partial charge on any atom is 0.573 e. The van der Waals surface area contributed by atoms with Crippen LogP contribution < -0.4 is 9.64 Å². The van der Waals surface area contributed by atoms with Gasteiger partial charge in [-0.1, -0.05) is 0 Å². The summed E-state index contributed by atoms with van der Waals surface area (Å²) < 4.78 is 46.8. The molecule has 0 spiro atoms. The molecule has 8 nitrogen and oxygen atoms in total. The van der Waals surface area contributed by atoms with Crippen LogP contribution in [0, 0.1) is 0 Å². The first kappa shape index (κ1) is 20.1. The quantitative estimate of drug-likeness (QED) is 0.622. The van der Waals surface area contributed by atoms with Crippen LogP contribution in [0.15, 0.2) is 54.9 Å². The number of carboxylic acid groups (broad SMARTS) is 1. The Hall–Kier alpha value is -3.60. The fourth-order valence-electron chi connectivity index (χ4n) is 2.48. The van der Waals surface area contributed by atoms with E-state index in [0.717, 1.165) is 4.90 Å². The lowest BCUT2D eigenvalue weighted by Gasteiger charge is -2.18. The monoisotopic (exact) mass is 408 g/mol. The maximum atomic E-state index is 12.2. The van der Waals surface area contributed by atoms with Crippen LogP contribution in [0.3, 0.4) is 0 Å². The fourth-order valence-corrected chi connectivity index (χ4v) is 2.48. The van der Waals surface area contributed by atoms with Crippen LogP contribution in [0.25, 0.3) is 17.1 Å². The Labute approximate surface area is 162 Å². The van der Waals surface area contributed by atoms with Gasteiger partial charge >= 0.3 is 12.5 Å². The van der Waals surface area contributed by atoms with Gasteiger partial charge in [0.15, 0.2) is 5.82 Å². The van der Waals surface area contributed by atoms with Gasteiger partial charge in [0.2, 0.25) is 0 Å². The summed E-state index contributed by atoms with van der Waals surface area (Å²) >= 11 is 0. The Balaban J connectivity index is 1.77. The Bertz CT molecular complexity index is 972. The number of rotatable bonds is 6. The highest BCUT2D eigenvalue weighted by Gasteiger charge is 2.31. The zero-order chi connectivity index (χ0) is 21.0. The zero-order valence-electron chi connectivity index (χ0n) is 15.0. The molecule has 0 atom stereocenters. The highest BCUT2D eigenvalue weighted by Crippen LogP contribution is 2.24. The summed E-state index contributed by atoms with van der Waals surface area (Å²) in [4.78, 5) is 16.5. The Morgan fingerprint density at radius 1 is 1.14 bits per heavy atom. The van der Waals surface area contributed by atoms with Crippen molar-refractivity contribution in [1.82, 2.24) is 14.8 Å². The van der Waals surface area contributed by atoms with E-state index >= 15 is 0 Å². The van der Waals surface area contributed by atoms with E-state index in [-0.39, 0.29) is 12.5 Å². The molecule has 0 aliphatic carbocycles. The SMILES string of the molecule is COCN(C(=O)O)c1ccc(-c2ncn(-c3ccc(OC(F)(F)F)cc3)n2)cc1. The number of halogens is 3. The summed E-state index contributed by atoms with van der Waals surface area (Å²) in [7, 11) is 1.39. The summed E-state index contributed by atoms with van der Waals surface area (Å²) in [5.74, 6) is 0.0250. The fraction of sp³-hybridized carbons (Fsp3) is 0.167. The molecule has 3 aromatic rings. The Morgan fingerprint density at radius 3 is 2.34 bits per heavy atom. The summed E-state index contributed by atoms with van der Waals surface area (Å²) in [5, 5.41) is 13.5. The average molecular weight is 408 g/mol. The molecular weight excluding hydrogens is 393 g/mol. The molecule has 29 heavy (non-hydrogen) atoms. The molecule has 152 valence electrons. The number of alkyl halides is 3. The molecule has 0 aliphatic rings. The standard InChI is InChI=1S/C18H15F3N4O4/c1-28-11-24(17(26)27)13-4-2-12(3-5-13)16-22-10-25(23-16)14-6-8-15(9-7-14)29-18(19,20)21/h2-10H,11H2,1H3,(H,26,27). The van der Waals surface area contributed by atoms with Crippen molar-refractivity contribution in [3.8, 4) is 22.8 Å². The largest absolute Gasteiger partial charge is 0.573 e. The van der Waals surface area contributed by atoms with E-state index in [4.69, 9.17) is 4.74 Å². The van der Waals surface area contributed by atoms with E-state index in [1.807, 2.05) is 0 Å². The van der Waals surface area contributed by atoms with Crippen LogP contribution in [0.1, 0.15) is 0 Å². The molecule has 0 bridgehead atoms. The molecule has 0 saturated heterocycles. The molecule has 1 heterocycles. The van der Waals surface area contributed by atoms with E-state index in [2.05, 4.69) is 14.8 Å². The first-order chi connectivity index (χ1) is 13.8. The van der Waals surface area contributed by atoms with Crippen molar-refractivity contribution in [3.63, 3.8) is 0 Å². The van der Waals surface area contributed by atoms with Crippen molar-refractivity contribution in [2.45, 2.75) is 6.36 Å². The van der Waals surface area contributed by atoms with Crippen molar-refractivity contribution in [3.05, 3.63) is 54.9 Å². The minimum atomic E-state index is -4.76. The number of aromatic nitrogens is 3. The van der Waals surface area contributed by atoms with Crippen LogP contribution in [0.5, 0.6) is 5.75 Å². The lowest BCUT2D eigenvalue weighted by molar-refractivity contribution is -0.274. The number of ether oxygens (including phenoxy) is 2. The predicted molar refractivity (Wildman–Crippen MR) is 95.9 cm³/mol. The van der Waals surface area contributed by atoms with Crippen molar-refractivity contribution >= 4 is 11.8 Å². The normalized spacial score (nSPS) is 11.3. The third-order valence-corrected chi connectivity index (χ3v) is 3.75. The van der Waals surface area contributed by atoms with E-state index in [1.54, 1.807) is 24.3 Å². The number of hydrogen-bond donors (Lipinski definition) is 1. The van der Waals surface area contributed by atoms with Crippen molar-refractivity contribution < 1.29 is 32.5 Å². The van der Waals surface area contributed by atoms with E-state index in [0.29, 0.717) is 22.8 Å². The smallest absolute Gasteiger partial charge is 0.465 e.